The van der Waals surface area contributed by atoms with Crippen LogP contribution in [0, 0.1) is 0 Å². The van der Waals surface area contributed by atoms with Crippen molar-refractivity contribution < 1.29 is 13.2 Å². The summed E-state index contributed by atoms with van der Waals surface area (Å²) in [4.78, 5) is 12.5. The maximum absolute atomic E-state index is 12.2. The number of hydrogen-bond donors (Lipinski definition) is 1. The molecule has 0 atom stereocenters. The first-order chi connectivity index (χ1) is 13.0. The molecule has 0 aliphatic rings. The molecule has 140 valence electrons. The van der Waals surface area contributed by atoms with Gasteiger partial charge in [-0.05, 0) is 42.8 Å². The van der Waals surface area contributed by atoms with Gasteiger partial charge < -0.3 is 5.32 Å². The van der Waals surface area contributed by atoms with Crippen LogP contribution in [0.1, 0.15) is 16.8 Å². The van der Waals surface area contributed by atoms with Crippen molar-refractivity contribution in [2.75, 3.05) is 12.3 Å². The van der Waals surface area contributed by atoms with Crippen molar-refractivity contribution in [1.82, 2.24) is 15.1 Å². The second-order valence-corrected chi connectivity index (χ2v) is 8.92. The highest BCUT2D eigenvalue weighted by Gasteiger charge is 2.14. The summed E-state index contributed by atoms with van der Waals surface area (Å²) in [5, 5.41) is 6.92. The van der Waals surface area contributed by atoms with Gasteiger partial charge in [0.25, 0.3) is 5.91 Å². The van der Waals surface area contributed by atoms with E-state index in [4.69, 9.17) is 0 Å². The summed E-state index contributed by atoms with van der Waals surface area (Å²) in [6.45, 7) is 0.272. The zero-order valence-corrected chi connectivity index (χ0v) is 16.8. The minimum absolute atomic E-state index is 0.0184. The summed E-state index contributed by atoms with van der Waals surface area (Å²) < 4.78 is 27.0. The highest BCUT2D eigenvalue weighted by molar-refractivity contribution is 9.10. The van der Waals surface area contributed by atoms with Crippen molar-refractivity contribution in [1.29, 1.82) is 0 Å². The van der Waals surface area contributed by atoms with Crippen LogP contribution in [0.2, 0.25) is 0 Å². The van der Waals surface area contributed by atoms with E-state index in [1.54, 1.807) is 41.2 Å². The molecule has 8 heteroatoms. The van der Waals surface area contributed by atoms with Gasteiger partial charge in [0.05, 0.1) is 28.1 Å². The molecule has 0 saturated carbocycles. The predicted molar refractivity (Wildman–Crippen MR) is 107 cm³/mol. The number of nitrogens with one attached hydrogen (secondary N) is 1. The minimum Gasteiger partial charge on any atom is -0.352 e. The molecule has 2 aromatic carbocycles. The molecule has 3 rings (SSSR count). The molecule has 1 aromatic heterocycles. The number of benzene rings is 2. The van der Waals surface area contributed by atoms with Crippen LogP contribution < -0.4 is 5.32 Å². The fraction of sp³-hybridized carbons (Fsp3) is 0.158. The van der Waals surface area contributed by atoms with Crippen LogP contribution in [0.25, 0.3) is 5.69 Å². The van der Waals surface area contributed by atoms with E-state index >= 15 is 0 Å². The molecule has 0 radical (unpaired) electrons. The molecule has 0 spiro atoms. The van der Waals surface area contributed by atoms with Gasteiger partial charge in [0.1, 0.15) is 0 Å². The third kappa shape index (κ3) is 5.05. The minimum atomic E-state index is -3.33. The van der Waals surface area contributed by atoms with Gasteiger partial charge in [0.15, 0.2) is 9.84 Å². The Kier molecular flexibility index (Phi) is 6.08. The number of nitrogens with zero attached hydrogens (tertiary/aromatic N) is 2. The molecule has 0 unspecified atom stereocenters. The molecule has 0 aliphatic heterocycles. The first-order valence-corrected chi connectivity index (χ1v) is 10.8. The van der Waals surface area contributed by atoms with Crippen molar-refractivity contribution in [2.45, 2.75) is 11.3 Å². The summed E-state index contributed by atoms with van der Waals surface area (Å²) in [6, 6.07) is 15.9. The summed E-state index contributed by atoms with van der Waals surface area (Å²) in [7, 11) is -3.33. The van der Waals surface area contributed by atoms with Gasteiger partial charge in [-0.15, -0.1) is 0 Å². The number of carbonyl (C=O) groups excluding carboxylic acids is 1. The van der Waals surface area contributed by atoms with E-state index in [0.29, 0.717) is 16.9 Å². The van der Waals surface area contributed by atoms with Crippen LogP contribution in [0.5, 0.6) is 0 Å². The maximum atomic E-state index is 12.2. The van der Waals surface area contributed by atoms with Gasteiger partial charge in [0.2, 0.25) is 0 Å². The molecule has 6 nitrogen and oxygen atoms in total. The molecular formula is C19H18BrN3O3S. The highest BCUT2D eigenvalue weighted by atomic mass is 79.9. The molecule has 0 fully saturated rings. The van der Waals surface area contributed by atoms with E-state index in [2.05, 4.69) is 26.3 Å². The lowest BCUT2D eigenvalue weighted by Crippen LogP contribution is -2.25. The first kappa shape index (κ1) is 19.3. The summed E-state index contributed by atoms with van der Waals surface area (Å²) in [5.41, 5.74) is 1.26. The molecular weight excluding hydrogens is 430 g/mol. The van der Waals surface area contributed by atoms with Crippen LogP contribution in [0.4, 0.5) is 0 Å². The Morgan fingerprint density at radius 2 is 1.78 bits per heavy atom. The number of carbonyl (C=O) groups is 1. The number of sulfone groups is 1. The lowest BCUT2D eigenvalue weighted by molar-refractivity contribution is 0.0953. The number of hydrogen-bond acceptors (Lipinski definition) is 4. The zero-order chi connectivity index (χ0) is 19.3. The highest BCUT2D eigenvalue weighted by Crippen LogP contribution is 2.14. The summed E-state index contributed by atoms with van der Waals surface area (Å²) in [5.74, 6) is -0.300. The molecule has 3 aromatic rings. The molecule has 1 heterocycles. The van der Waals surface area contributed by atoms with Gasteiger partial charge in [-0.25, -0.2) is 13.1 Å². The Bertz CT molecular complexity index is 1020. The number of aromatic nitrogens is 2. The van der Waals surface area contributed by atoms with E-state index in [1.165, 1.54) is 6.20 Å². The Hall–Kier alpha value is -2.45. The van der Waals surface area contributed by atoms with Crippen molar-refractivity contribution in [3.8, 4) is 5.69 Å². The predicted octanol–water partition coefficient (Wildman–Crippen LogP) is 3.23. The van der Waals surface area contributed by atoms with Crippen LogP contribution in [-0.4, -0.2) is 36.4 Å². The summed E-state index contributed by atoms with van der Waals surface area (Å²) in [6.07, 6.45) is 3.46. The van der Waals surface area contributed by atoms with Gasteiger partial charge in [-0.3, -0.25) is 4.79 Å². The van der Waals surface area contributed by atoms with Crippen molar-refractivity contribution in [3.63, 3.8) is 0 Å². The third-order valence-corrected chi connectivity index (χ3v) is 6.26. The SMILES string of the molecule is O=C(NCCCS(=O)(=O)c1ccccc1)c1cnn(-c2ccc(Br)cc2)c1. The van der Waals surface area contributed by atoms with E-state index in [1.807, 2.05) is 24.3 Å². The molecule has 1 N–H and O–H groups in total. The zero-order valence-electron chi connectivity index (χ0n) is 14.4. The smallest absolute Gasteiger partial charge is 0.254 e. The Morgan fingerprint density at radius 1 is 1.07 bits per heavy atom. The van der Waals surface area contributed by atoms with Gasteiger partial charge in [-0.2, -0.15) is 5.10 Å². The average molecular weight is 448 g/mol. The van der Waals surface area contributed by atoms with E-state index in [9.17, 15) is 13.2 Å². The largest absolute Gasteiger partial charge is 0.352 e. The number of rotatable bonds is 7. The normalized spacial score (nSPS) is 11.3. The maximum Gasteiger partial charge on any atom is 0.254 e. The molecule has 1 amide bonds. The average Bonchev–Trinajstić information content (AvgIpc) is 3.17. The van der Waals surface area contributed by atoms with Gasteiger partial charge in [0, 0.05) is 17.2 Å². The molecule has 0 aliphatic carbocycles. The first-order valence-electron chi connectivity index (χ1n) is 8.32. The number of amides is 1. The molecule has 0 bridgehead atoms. The standard InChI is InChI=1S/C19H18BrN3O3S/c20-16-7-9-17(10-8-16)23-14-15(13-22-23)19(24)21-11-4-12-27(25,26)18-5-2-1-3-6-18/h1-3,5-10,13-14H,4,11-12H2,(H,21,24). The van der Waals surface area contributed by atoms with Gasteiger partial charge in [-0.1, -0.05) is 34.1 Å². The van der Waals surface area contributed by atoms with E-state index < -0.39 is 9.84 Å². The summed E-state index contributed by atoms with van der Waals surface area (Å²) >= 11 is 3.37. The third-order valence-electron chi connectivity index (χ3n) is 3.91. The van der Waals surface area contributed by atoms with Crippen molar-refractivity contribution in [2.24, 2.45) is 0 Å². The van der Waals surface area contributed by atoms with Gasteiger partial charge >= 0.3 is 0 Å². The quantitative estimate of drug-likeness (QED) is 0.563. The number of halogens is 1. The monoisotopic (exact) mass is 447 g/mol. The van der Waals surface area contributed by atoms with Crippen LogP contribution in [-0.2, 0) is 9.84 Å². The second kappa shape index (κ2) is 8.49. The van der Waals surface area contributed by atoms with Crippen LogP contribution >= 0.6 is 15.9 Å². The van der Waals surface area contributed by atoms with Crippen LogP contribution in [0.3, 0.4) is 0 Å². The lowest BCUT2D eigenvalue weighted by atomic mass is 10.3. The fourth-order valence-electron chi connectivity index (χ4n) is 2.49. The Balaban J connectivity index is 1.52. The Labute approximate surface area is 166 Å². The molecule has 27 heavy (non-hydrogen) atoms. The van der Waals surface area contributed by atoms with E-state index in [0.717, 1.165) is 10.2 Å². The lowest BCUT2D eigenvalue weighted by Gasteiger charge is -2.05. The van der Waals surface area contributed by atoms with Crippen molar-refractivity contribution >= 4 is 31.7 Å². The van der Waals surface area contributed by atoms with Crippen molar-refractivity contribution in [3.05, 3.63) is 77.0 Å². The molecule has 0 saturated heterocycles. The fourth-order valence-corrected chi connectivity index (χ4v) is 4.08. The topological polar surface area (TPSA) is 81.1 Å². The second-order valence-electron chi connectivity index (χ2n) is 5.89. The Morgan fingerprint density at radius 3 is 2.48 bits per heavy atom. The van der Waals surface area contributed by atoms with E-state index in [-0.39, 0.29) is 18.2 Å². The van der Waals surface area contributed by atoms with Crippen LogP contribution in [0.15, 0.2) is 76.4 Å².